The second-order valence-electron chi connectivity index (χ2n) is 5.40. The molecule has 0 aliphatic heterocycles. The van der Waals surface area contributed by atoms with E-state index in [4.69, 9.17) is 5.26 Å². The van der Waals surface area contributed by atoms with Crippen LogP contribution < -0.4 is 5.32 Å². The van der Waals surface area contributed by atoms with Crippen molar-refractivity contribution in [3.63, 3.8) is 0 Å². The van der Waals surface area contributed by atoms with Gasteiger partial charge in [-0.15, -0.1) is 0 Å². The first-order valence-corrected chi connectivity index (χ1v) is 6.38. The number of pyridine rings is 1. The first kappa shape index (κ1) is 10.7. The lowest BCUT2D eigenvalue weighted by Gasteiger charge is -2.14. The Bertz CT molecular complexity index is 453. The van der Waals surface area contributed by atoms with Crippen LogP contribution in [0.25, 0.3) is 0 Å². The minimum Gasteiger partial charge on any atom is -0.312 e. The van der Waals surface area contributed by atoms with Crippen LogP contribution in [0.2, 0.25) is 0 Å². The zero-order valence-corrected chi connectivity index (χ0v) is 9.95. The van der Waals surface area contributed by atoms with Crippen molar-refractivity contribution in [2.75, 3.05) is 6.54 Å². The van der Waals surface area contributed by atoms with Gasteiger partial charge in [0.05, 0.1) is 0 Å². The van der Waals surface area contributed by atoms with Gasteiger partial charge in [0.1, 0.15) is 11.8 Å². The third kappa shape index (κ3) is 2.32. The Morgan fingerprint density at radius 3 is 2.94 bits per heavy atom. The number of hydrogen-bond acceptors (Lipinski definition) is 3. The van der Waals surface area contributed by atoms with Crippen molar-refractivity contribution >= 4 is 0 Å². The summed E-state index contributed by atoms with van der Waals surface area (Å²) in [6.07, 6.45) is 7.41. The fraction of sp³-hybridized carbons (Fsp3) is 0.571. The smallest absolute Gasteiger partial charge is 0.140 e. The Kier molecular flexibility index (Phi) is 2.60. The average Bonchev–Trinajstić information content (AvgIpc) is 3.21. The summed E-state index contributed by atoms with van der Waals surface area (Å²) in [5.74, 6) is 1.00. The molecule has 2 saturated carbocycles. The Labute approximate surface area is 102 Å². The zero-order chi connectivity index (χ0) is 11.7. The van der Waals surface area contributed by atoms with Gasteiger partial charge in [0.25, 0.3) is 0 Å². The molecule has 0 saturated heterocycles. The van der Waals surface area contributed by atoms with E-state index in [2.05, 4.69) is 16.4 Å². The van der Waals surface area contributed by atoms with Crippen molar-refractivity contribution in [2.45, 2.75) is 32.2 Å². The van der Waals surface area contributed by atoms with Crippen molar-refractivity contribution in [1.29, 1.82) is 5.26 Å². The van der Waals surface area contributed by atoms with Crippen molar-refractivity contribution in [2.24, 2.45) is 11.3 Å². The summed E-state index contributed by atoms with van der Waals surface area (Å²) in [5.41, 5.74) is 2.31. The molecule has 1 aromatic rings. The fourth-order valence-electron chi connectivity index (χ4n) is 2.69. The molecule has 0 radical (unpaired) electrons. The molecule has 2 aliphatic carbocycles. The van der Waals surface area contributed by atoms with E-state index < -0.39 is 0 Å². The van der Waals surface area contributed by atoms with Gasteiger partial charge in [-0.2, -0.15) is 5.26 Å². The summed E-state index contributed by atoms with van der Waals surface area (Å²) in [6.45, 7) is 1.99. The van der Waals surface area contributed by atoms with E-state index in [-0.39, 0.29) is 0 Å². The molecule has 88 valence electrons. The zero-order valence-electron chi connectivity index (χ0n) is 9.95. The maximum Gasteiger partial charge on any atom is 0.140 e. The maximum absolute atomic E-state index is 8.77. The number of hydrogen-bond donors (Lipinski definition) is 1. The summed E-state index contributed by atoms with van der Waals surface area (Å²) in [6, 6.07) is 5.92. The van der Waals surface area contributed by atoms with E-state index in [9.17, 15) is 0 Å². The van der Waals surface area contributed by atoms with Crippen molar-refractivity contribution in [3.8, 4) is 6.07 Å². The number of nitrogens with zero attached hydrogens (tertiary/aromatic N) is 2. The van der Waals surface area contributed by atoms with Crippen LogP contribution in [-0.2, 0) is 6.54 Å². The summed E-state index contributed by atoms with van der Waals surface area (Å²) in [7, 11) is 0. The van der Waals surface area contributed by atoms with E-state index in [0.29, 0.717) is 11.1 Å². The minimum absolute atomic E-state index is 0.507. The molecule has 0 bridgehead atoms. The van der Waals surface area contributed by atoms with Gasteiger partial charge in [-0.1, -0.05) is 0 Å². The molecule has 1 heterocycles. The predicted molar refractivity (Wildman–Crippen MR) is 65.0 cm³/mol. The number of nitriles is 1. The fourth-order valence-corrected chi connectivity index (χ4v) is 2.69. The summed E-state index contributed by atoms with van der Waals surface area (Å²) in [4.78, 5) is 3.98. The van der Waals surface area contributed by atoms with Gasteiger partial charge >= 0.3 is 0 Å². The van der Waals surface area contributed by atoms with Gasteiger partial charge in [0.2, 0.25) is 0 Å². The second-order valence-corrected chi connectivity index (χ2v) is 5.40. The highest BCUT2D eigenvalue weighted by molar-refractivity contribution is 5.25. The van der Waals surface area contributed by atoms with E-state index in [1.807, 2.05) is 12.1 Å². The van der Waals surface area contributed by atoms with Crippen LogP contribution in [0.4, 0.5) is 0 Å². The van der Waals surface area contributed by atoms with Crippen molar-refractivity contribution < 1.29 is 0 Å². The second kappa shape index (κ2) is 4.12. The third-order valence-corrected chi connectivity index (χ3v) is 4.08. The van der Waals surface area contributed by atoms with Gasteiger partial charge in [0.15, 0.2) is 0 Å². The van der Waals surface area contributed by atoms with Crippen molar-refractivity contribution in [1.82, 2.24) is 10.3 Å². The van der Waals surface area contributed by atoms with Gasteiger partial charge < -0.3 is 5.32 Å². The number of aromatic nitrogens is 1. The molecule has 1 aromatic heterocycles. The Hall–Kier alpha value is -1.40. The van der Waals surface area contributed by atoms with Crippen LogP contribution in [0.3, 0.4) is 0 Å². The molecule has 3 heteroatoms. The number of rotatable bonds is 5. The SMILES string of the molecule is N#Cc1cc(CNCC2(C3CC3)CC2)ccn1. The average molecular weight is 227 g/mol. The molecule has 2 aliphatic rings. The summed E-state index contributed by atoms with van der Waals surface area (Å²) in [5, 5.41) is 12.3. The topological polar surface area (TPSA) is 48.7 Å². The standard InChI is InChI=1S/C14H17N3/c15-8-13-7-11(3-6-17-13)9-16-10-14(4-5-14)12-1-2-12/h3,6-7,12,16H,1-2,4-5,9-10H2. The highest BCUT2D eigenvalue weighted by Gasteiger charge is 2.53. The molecule has 0 atom stereocenters. The van der Waals surface area contributed by atoms with Crippen LogP contribution in [0.15, 0.2) is 18.3 Å². The molecule has 0 unspecified atom stereocenters. The quantitative estimate of drug-likeness (QED) is 0.839. The lowest BCUT2D eigenvalue weighted by Crippen LogP contribution is -2.25. The van der Waals surface area contributed by atoms with Gasteiger partial charge in [-0.05, 0) is 54.7 Å². The van der Waals surface area contributed by atoms with E-state index >= 15 is 0 Å². The van der Waals surface area contributed by atoms with Crippen LogP contribution in [0.5, 0.6) is 0 Å². The molecular formula is C14H17N3. The van der Waals surface area contributed by atoms with Gasteiger partial charge in [-0.25, -0.2) is 4.98 Å². The predicted octanol–water partition coefficient (Wildman–Crippen LogP) is 2.23. The first-order valence-electron chi connectivity index (χ1n) is 6.38. The molecule has 17 heavy (non-hydrogen) atoms. The van der Waals surface area contributed by atoms with Crippen LogP contribution in [0.1, 0.15) is 36.9 Å². The Balaban J connectivity index is 1.52. The van der Waals surface area contributed by atoms with Gasteiger partial charge in [0, 0.05) is 19.3 Å². The monoisotopic (exact) mass is 227 g/mol. The van der Waals surface area contributed by atoms with Crippen molar-refractivity contribution in [3.05, 3.63) is 29.6 Å². The minimum atomic E-state index is 0.507. The highest BCUT2D eigenvalue weighted by Crippen LogP contribution is 2.60. The van der Waals surface area contributed by atoms with Crippen LogP contribution in [0, 0.1) is 22.7 Å². The first-order chi connectivity index (χ1) is 8.32. The molecular weight excluding hydrogens is 210 g/mol. The number of nitrogens with one attached hydrogen (secondary N) is 1. The molecule has 0 amide bonds. The largest absolute Gasteiger partial charge is 0.312 e. The molecule has 1 N–H and O–H groups in total. The maximum atomic E-state index is 8.77. The molecule has 2 fully saturated rings. The Morgan fingerprint density at radius 2 is 2.29 bits per heavy atom. The normalized spacial score (nSPS) is 20.9. The van der Waals surface area contributed by atoms with E-state index in [1.54, 1.807) is 6.20 Å². The van der Waals surface area contributed by atoms with Crippen LogP contribution >= 0.6 is 0 Å². The molecule has 0 spiro atoms. The van der Waals surface area contributed by atoms with E-state index in [1.165, 1.54) is 25.7 Å². The summed E-state index contributed by atoms with van der Waals surface area (Å²) < 4.78 is 0. The van der Waals surface area contributed by atoms with Crippen LogP contribution in [-0.4, -0.2) is 11.5 Å². The van der Waals surface area contributed by atoms with E-state index in [0.717, 1.165) is 24.6 Å². The van der Waals surface area contributed by atoms with Gasteiger partial charge in [-0.3, -0.25) is 0 Å². The highest BCUT2D eigenvalue weighted by atomic mass is 14.9. The molecule has 3 nitrogen and oxygen atoms in total. The Morgan fingerprint density at radius 1 is 1.47 bits per heavy atom. The molecule has 0 aromatic carbocycles. The summed E-state index contributed by atoms with van der Waals surface area (Å²) >= 11 is 0. The molecule has 3 rings (SSSR count). The third-order valence-electron chi connectivity index (χ3n) is 4.08. The lowest BCUT2D eigenvalue weighted by molar-refractivity contribution is 0.403. The lowest BCUT2D eigenvalue weighted by atomic mass is 10.0.